The molecule has 0 aliphatic carbocycles. The van der Waals surface area contributed by atoms with E-state index >= 15 is 0 Å². The molecule has 1 aromatic carbocycles. The fraction of sp³-hybridized carbons (Fsp3) is 0.300. The number of amidine groups is 1. The van der Waals surface area contributed by atoms with Crippen LogP contribution in [-0.4, -0.2) is 24.5 Å². The van der Waals surface area contributed by atoms with Gasteiger partial charge >= 0.3 is 0 Å². The van der Waals surface area contributed by atoms with Crippen molar-refractivity contribution < 1.29 is 0 Å². The van der Waals surface area contributed by atoms with Gasteiger partial charge in [-0.25, -0.2) is 0 Å². The molecular formula is C10H10Cl2N2S. The monoisotopic (exact) mass is 260 g/mol. The summed E-state index contributed by atoms with van der Waals surface area (Å²) in [5.41, 5.74) is 0.828. The first kappa shape index (κ1) is 11.1. The lowest BCUT2D eigenvalue weighted by molar-refractivity contribution is 1.15. The van der Waals surface area contributed by atoms with Gasteiger partial charge in [-0.15, -0.1) is 0 Å². The first-order valence-corrected chi connectivity index (χ1v) is 6.29. The van der Waals surface area contributed by atoms with Gasteiger partial charge in [0.2, 0.25) is 0 Å². The fourth-order valence-corrected chi connectivity index (χ4v) is 2.92. The SMILES string of the molecule is CN(C1=NCCS1)c1c(Cl)cccc1Cl. The van der Waals surface area contributed by atoms with Crippen LogP contribution in [0.25, 0.3) is 0 Å². The van der Waals surface area contributed by atoms with E-state index in [1.165, 1.54) is 0 Å². The number of nitrogens with zero attached hydrogens (tertiary/aromatic N) is 2. The fourth-order valence-electron chi connectivity index (χ4n) is 1.43. The molecule has 0 N–H and O–H groups in total. The molecule has 1 aliphatic heterocycles. The van der Waals surface area contributed by atoms with Gasteiger partial charge in [0.05, 0.1) is 22.3 Å². The van der Waals surface area contributed by atoms with E-state index in [2.05, 4.69) is 4.99 Å². The summed E-state index contributed by atoms with van der Waals surface area (Å²) in [4.78, 5) is 6.33. The molecule has 0 radical (unpaired) electrons. The van der Waals surface area contributed by atoms with E-state index in [0.717, 1.165) is 23.2 Å². The summed E-state index contributed by atoms with van der Waals surface area (Å²) in [5, 5.41) is 2.28. The highest BCUT2D eigenvalue weighted by Crippen LogP contribution is 2.34. The maximum absolute atomic E-state index is 6.11. The topological polar surface area (TPSA) is 15.6 Å². The maximum Gasteiger partial charge on any atom is 0.163 e. The van der Waals surface area contributed by atoms with Crippen LogP contribution >= 0.6 is 35.0 Å². The van der Waals surface area contributed by atoms with Gasteiger partial charge in [-0.1, -0.05) is 41.0 Å². The van der Waals surface area contributed by atoms with Crippen molar-refractivity contribution in [2.45, 2.75) is 0 Å². The Morgan fingerprint density at radius 3 is 2.53 bits per heavy atom. The maximum atomic E-state index is 6.11. The van der Waals surface area contributed by atoms with Gasteiger partial charge in [-0.05, 0) is 12.1 Å². The third-order valence-electron chi connectivity index (χ3n) is 2.13. The van der Waals surface area contributed by atoms with E-state index in [1.807, 2.05) is 30.1 Å². The zero-order valence-electron chi connectivity index (χ0n) is 8.20. The third-order valence-corrected chi connectivity index (χ3v) is 3.79. The first-order chi connectivity index (χ1) is 7.20. The number of halogens is 2. The van der Waals surface area contributed by atoms with Gasteiger partial charge in [-0.3, -0.25) is 4.99 Å². The molecule has 0 aromatic heterocycles. The van der Waals surface area contributed by atoms with Crippen molar-refractivity contribution in [2.75, 3.05) is 24.2 Å². The normalized spacial score (nSPS) is 15.3. The Balaban J connectivity index is 2.36. The summed E-state index contributed by atoms with van der Waals surface area (Å²) in [6.45, 7) is 0.867. The molecule has 1 heterocycles. The minimum atomic E-state index is 0.653. The van der Waals surface area contributed by atoms with Crippen LogP contribution in [0.1, 0.15) is 0 Å². The van der Waals surface area contributed by atoms with Crippen LogP contribution in [0.2, 0.25) is 10.0 Å². The second kappa shape index (κ2) is 4.64. The number of benzene rings is 1. The average Bonchev–Trinajstić information content (AvgIpc) is 2.69. The van der Waals surface area contributed by atoms with Gasteiger partial charge in [0.25, 0.3) is 0 Å². The van der Waals surface area contributed by atoms with E-state index in [1.54, 1.807) is 11.8 Å². The lowest BCUT2D eigenvalue weighted by Gasteiger charge is -2.20. The third kappa shape index (κ3) is 2.25. The molecule has 0 fully saturated rings. The van der Waals surface area contributed by atoms with E-state index < -0.39 is 0 Å². The van der Waals surface area contributed by atoms with Crippen molar-refractivity contribution in [2.24, 2.45) is 4.99 Å². The van der Waals surface area contributed by atoms with Crippen molar-refractivity contribution in [3.05, 3.63) is 28.2 Å². The lowest BCUT2D eigenvalue weighted by atomic mass is 10.3. The number of hydrogen-bond donors (Lipinski definition) is 0. The minimum Gasteiger partial charge on any atom is -0.322 e. The summed E-state index contributed by atoms with van der Waals surface area (Å²) in [6.07, 6.45) is 0. The number of rotatable bonds is 1. The van der Waals surface area contributed by atoms with Crippen LogP contribution in [0.4, 0.5) is 5.69 Å². The van der Waals surface area contributed by atoms with Crippen molar-refractivity contribution in [1.82, 2.24) is 0 Å². The van der Waals surface area contributed by atoms with Crippen molar-refractivity contribution in [3.8, 4) is 0 Å². The van der Waals surface area contributed by atoms with Gasteiger partial charge in [0.15, 0.2) is 5.17 Å². The summed E-state index contributed by atoms with van der Waals surface area (Å²) in [6, 6.07) is 5.50. The molecule has 15 heavy (non-hydrogen) atoms. The van der Waals surface area contributed by atoms with Gasteiger partial charge in [0.1, 0.15) is 0 Å². The standard InChI is InChI=1S/C10H10Cl2N2S/c1-14(10-13-5-6-15-10)9-7(11)3-2-4-8(9)12/h2-4H,5-6H2,1H3. The second-order valence-corrected chi connectivity index (χ2v) is 5.02. The molecule has 0 atom stereocenters. The molecule has 1 aliphatic rings. The van der Waals surface area contributed by atoms with Gasteiger partial charge in [0, 0.05) is 12.8 Å². The average molecular weight is 261 g/mol. The van der Waals surface area contributed by atoms with Crippen LogP contribution in [0.3, 0.4) is 0 Å². The lowest BCUT2D eigenvalue weighted by Crippen LogP contribution is -2.22. The molecule has 0 amide bonds. The Hall–Kier alpha value is -0.380. The van der Waals surface area contributed by atoms with Crippen LogP contribution < -0.4 is 4.90 Å². The van der Waals surface area contributed by atoms with E-state index in [9.17, 15) is 0 Å². The number of thioether (sulfide) groups is 1. The largest absolute Gasteiger partial charge is 0.322 e. The smallest absolute Gasteiger partial charge is 0.163 e. The number of anilines is 1. The molecule has 0 bridgehead atoms. The Labute approximate surface area is 103 Å². The zero-order valence-corrected chi connectivity index (χ0v) is 10.5. The van der Waals surface area contributed by atoms with E-state index in [-0.39, 0.29) is 0 Å². The van der Waals surface area contributed by atoms with Crippen LogP contribution in [0.15, 0.2) is 23.2 Å². The van der Waals surface area contributed by atoms with Crippen molar-refractivity contribution in [1.29, 1.82) is 0 Å². The Morgan fingerprint density at radius 1 is 1.33 bits per heavy atom. The number of hydrogen-bond acceptors (Lipinski definition) is 3. The molecule has 1 aromatic rings. The summed E-state index contributed by atoms with van der Waals surface area (Å²) in [5.74, 6) is 1.03. The van der Waals surface area contributed by atoms with Crippen LogP contribution in [0, 0.1) is 0 Å². The number of aliphatic imine (C=N–C) groups is 1. The molecule has 0 unspecified atom stereocenters. The highest BCUT2D eigenvalue weighted by molar-refractivity contribution is 8.14. The Kier molecular flexibility index (Phi) is 3.44. The summed E-state index contributed by atoms with van der Waals surface area (Å²) >= 11 is 13.9. The van der Waals surface area contributed by atoms with Crippen LogP contribution in [0.5, 0.6) is 0 Å². The second-order valence-electron chi connectivity index (χ2n) is 3.14. The zero-order chi connectivity index (χ0) is 10.8. The molecule has 2 nitrogen and oxygen atoms in total. The molecular weight excluding hydrogens is 251 g/mol. The Morgan fingerprint density at radius 2 is 2.00 bits per heavy atom. The molecule has 80 valence electrons. The summed E-state index contributed by atoms with van der Waals surface area (Å²) < 4.78 is 0. The van der Waals surface area contributed by atoms with E-state index in [4.69, 9.17) is 23.2 Å². The molecule has 0 saturated carbocycles. The first-order valence-electron chi connectivity index (χ1n) is 4.55. The summed E-state index contributed by atoms with van der Waals surface area (Å²) in [7, 11) is 1.93. The van der Waals surface area contributed by atoms with Crippen molar-refractivity contribution in [3.63, 3.8) is 0 Å². The Bertz CT molecular complexity index is 386. The molecule has 0 saturated heterocycles. The van der Waals surface area contributed by atoms with E-state index in [0.29, 0.717) is 10.0 Å². The van der Waals surface area contributed by atoms with Crippen LogP contribution in [-0.2, 0) is 0 Å². The van der Waals surface area contributed by atoms with Gasteiger partial charge in [-0.2, -0.15) is 0 Å². The quantitative estimate of drug-likeness (QED) is 0.768. The molecule has 0 spiro atoms. The predicted molar refractivity (Wildman–Crippen MR) is 69.6 cm³/mol. The predicted octanol–water partition coefficient (Wildman–Crippen LogP) is 3.53. The van der Waals surface area contributed by atoms with Gasteiger partial charge < -0.3 is 4.90 Å². The molecule has 2 rings (SSSR count). The van der Waals surface area contributed by atoms with Crippen molar-refractivity contribution >= 4 is 45.8 Å². The number of para-hydroxylation sites is 1. The highest BCUT2D eigenvalue weighted by Gasteiger charge is 2.18. The minimum absolute atomic E-state index is 0.653. The highest BCUT2D eigenvalue weighted by atomic mass is 35.5. The molecule has 5 heteroatoms.